The predicted molar refractivity (Wildman–Crippen MR) is 109 cm³/mol. The van der Waals surface area contributed by atoms with Gasteiger partial charge in [0.25, 0.3) is 0 Å². The zero-order valence-corrected chi connectivity index (χ0v) is 17.5. The van der Waals surface area contributed by atoms with Crippen molar-refractivity contribution in [3.8, 4) is 0 Å². The second kappa shape index (κ2) is 10.4. The quantitative estimate of drug-likeness (QED) is 0.434. The Kier molecular flexibility index (Phi) is 8.15. The summed E-state index contributed by atoms with van der Waals surface area (Å²) in [6.45, 7) is 3.31. The molecule has 0 unspecified atom stereocenters. The van der Waals surface area contributed by atoms with Gasteiger partial charge in [0.2, 0.25) is 27.7 Å². The Morgan fingerprint density at radius 1 is 1.03 bits per heavy atom. The standard InChI is InChI=1S/C19H28N4O5S/c1-13(18(25)20-11-12-21-19(26)15-5-3-4-6-15)23-29(27,28)17-9-7-16(8-10-17)22-14(2)24/h7-10,13,15,23H,3-6,11-12H2,1-2H3,(H,20,25)(H,21,26)(H,22,24)/t13-/m0/s1. The van der Waals surface area contributed by atoms with Gasteiger partial charge in [-0.25, -0.2) is 8.42 Å². The smallest absolute Gasteiger partial charge is 0.241 e. The van der Waals surface area contributed by atoms with Gasteiger partial charge < -0.3 is 16.0 Å². The molecule has 0 aliphatic heterocycles. The Balaban J connectivity index is 1.78. The highest BCUT2D eigenvalue weighted by atomic mass is 32.2. The van der Waals surface area contributed by atoms with Crippen LogP contribution in [0.15, 0.2) is 29.2 Å². The third kappa shape index (κ3) is 7.13. The number of anilines is 1. The zero-order chi connectivity index (χ0) is 21.4. The molecular weight excluding hydrogens is 396 g/mol. The maximum absolute atomic E-state index is 12.4. The molecule has 1 aliphatic carbocycles. The Morgan fingerprint density at radius 3 is 2.21 bits per heavy atom. The fraction of sp³-hybridized carbons (Fsp3) is 0.526. The summed E-state index contributed by atoms with van der Waals surface area (Å²) < 4.78 is 27.1. The second-order valence-corrected chi connectivity index (χ2v) is 8.83. The maximum Gasteiger partial charge on any atom is 0.241 e. The summed E-state index contributed by atoms with van der Waals surface area (Å²) in [6, 6.07) is 4.63. The summed E-state index contributed by atoms with van der Waals surface area (Å²) in [5, 5.41) is 7.94. The van der Waals surface area contributed by atoms with Crippen LogP contribution in [0.25, 0.3) is 0 Å². The fourth-order valence-electron chi connectivity index (χ4n) is 3.13. The first-order valence-electron chi connectivity index (χ1n) is 9.64. The first kappa shape index (κ1) is 22.8. The first-order chi connectivity index (χ1) is 13.7. The van der Waals surface area contributed by atoms with E-state index < -0.39 is 22.0 Å². The third-order valence-electron chi connectivity index (χ3n) is 4.66. The summed E-state index contributed by atoms with van der Waals surface area (Å²) in [5.74, 6) is -0.677. The number of carbonyl (C=O) groups excluding carboxylic acids is 3. The van der Waals surface area contributed by atoms with Crippen molar-refractivity contribution in [3.63, 3.8) is 0 Å². The van der Waals surface area contributed by atoms with Crippen LogP contribution in [0, 0.1) is 5.92 Å². The number of carbonyl (C=O) groups is 3. The van der Waals surface area contributed by atoms with E-state index in [4.69, 9.17) is 0 Å². The molecule has 2 rings (SSSR count). The van der Waals surface area contributed by atoms with E-state index in [-0.39, 0.29) is 29.2 Å². The van der Waals surface area contributed by atoms with E-state index in [9.17, 15) is 22.8 Å². The molecule has 1 atom stereocenters. The van der Waals surface area contributed by atoms with Gasteiger partial charge in [0.1, 0.15) is 0 Å². The molecule has 9 nitrogen and oxygen atoms in total. The number of rotatable bonds is 9. The number of hydrogen-bond acceptors (Lipinski definition) is 5. The van der Waals surface area contributed by atoms with Gasteiger partial charge in [0.15, 0.2) is 0 Å². The summed E-state index contributed by atoms with van der Waals surface area (Å²) in [6.07, 6.45) is 3.95. The molecule has 1 fully saturated rings. The number of benzene rings is 1. The second-order valence-electron chi connectivity index (χ2n) is 7.11. The molecule has 0 heterocycles. The van der Waals surface area contributed by atoms with E-state index in [1.165, 1.54) is 38.1 Å². The summed E-state index contributed by atoms with van der Waals surface area (Å²) in [4.78, 5) is 35.0. The lowest BCUT2D eigenvalue weighted by Crippen LogP contribution is -2.46. The van der Waals surface area contributed by atoms with Crippen LogP contribution in [-0.4, -0.2) is 45.3 Å². The monoisotopic (exact) mass is 424 g/mol. The molecule has 29 heavy (non-hydrogen) atoms. The SMILES string of the molecule is CC(=O)Nc1ccc(S(=O)(=O)N[C@@H](C)C(=O)NCCNC(=O)C2CCCC2)cc1. The minimum atomic E-state index is -3.90. The number of hydrogen-bond donors (Lipinski definition) is 4. The minimum absolute atomic E-state index is 0.00760. The van der Waals surface area contributed by atoms with Crippen molar-refractivity contribution in [3.05, 3.63) is 24.3 Å². The highest BCUT2D eigenvalue weighted by molar-refractivity contribution is 7.89. The molecule has 1 aromatic carbocycles. The van der Waals surface area contributed by atoms with Crippen molar-refractivity contribution < 1.29 is 22.8 Å². The van der Waals surface area contributed by atoms with Crippen molar-refractivity contribution in [2.24, 2.45) is 5.92 Å². The van der Waals surface area contributed by atoms with Gasteiger partial charge in [-0.2, -0.15) is 4.72 Å². The minimum Gasteiger partial charge on any atom is -0.354 e. The molecule has 1 saturated carbocycles. The maximum atomic E-state index is 12.4. The van der Waals surface area contributed by atoms with Crippen molar-refractivity contribution >= 4 is 33.4 Å². The Hall–Kier alpha value is -2.46. The van der Waals surface area contributed by atoms with Crippen LogP contribution in [0.4, 0.5) is 5.69 Å². The lowest BCUT2D eigenvalue weighted by Gasteiger charge is -2.15. The van der Waals surface area contributed by atoms with Crippen LogP contribution in [0.5, 0.6) is 0 Å². The van der Waals surface area contributed by atoms with Crippen LogP contribution < -0.4 is 20.7 Å². The molecule has 0 bridgehead atoms. The zero-order valence-electron chi connectivity index (χ0n) is 16.7. The molecule has 160 valence electrons. The van der Waals surface area contributed by atoms with E-state index in [0.717, 1.165) is 25.7 Å². The Bertz CT molecular complexity index is 833. The third-order valence-corrected chi connectivity index (χ3v) is 6.22. The van der Waals surface area contributed by atoms with Gasteiger partial charge in [-0.15, -0.1) is 0 Å². The molecule has 1 aromatic rings. The van der Waals surface area contributed by atoms with Gasteiger partial charge in [-0.05, 0) is 44.0 Å². The van der Waals surface area contributed by atoms with Gasteiger partial charge in [-0.1, -0.05) is 12.8 Å². The van der Waals surface area contributed by atoms with Crippen molar-refractivity contribution in [2.45, 2.75) is 50.5 Å². The lowest BCUT2D eigenvalue weighted by molar-refractivity contribution is -0.125. The number of sulfonamides is 1. The lowest BCUT2D eigenvalue weighted by atomic mass is 10.1. The molecule has 10 heteroatoms. The topological polar surface area (TPSA) is 133 Å². The number of amides is 3. The van der Waals surface area contributed by atoms with Crippen LogP contribution in [0.1, 0.15) is 39.5 Å². The molecule has 1 aliphatic rings. The largest absolute Gasteiger partial charge is 0.354 e. The van der Waals surface area contributed by atoms with E-state index >= 15 is 0 Å². The van der Waals surface area contributed by atoms with Crippen LogP contribution >= 0.6 is 0 Å². The average Bonchev–Trinajstić information content (AvgIpc) is 3.19. The van der Waals surface area contributed by atoms with Crippen LogP contribution in [0.3, 0.4) is 0 Å². The summed E-state index contributed by atoms with van der Waals surface area (Å²) in [7, 11) is -3.90. The molecular formula is C19H28N4O5S. The molecule has 0 spiro atoms. The Morgan fingerprint density at radius 2 is 1.62 bits per heavy atom. The Labute approximate surface area is 171 Å². The molecule has 0 aromatic heterocycles. The number of nitrogens with one attached hydrogen (secondary N) is 4. The molecule has 0 radical (unpaired) electrons. The van der Waals surface area contributed by atoms with Crippen molar-refractivity contribution in [2.75, 3.05) is 18.4 Å². The normalized spacial score (nSPS) is 15.5. The van der Waals surface area contributed by atoms with E-state index in [1.807, 2.05) is 0 Å². The first-order valence-corrected chi connectivity index (χ1v) is 11.1. The molecule has 4 N–H and O–H groups in total. The highest BCUT2D eigenvalue weighted by Gasteiger charge is 2.23. The van der Waals surface area contributed by atoms with Gasteiger partial charge in [0.05, 0.1) is 10.9 Å². The summed E-state index contributed by atoms with van der Waals surface area (Å²) in [5.41, 5.74) is 0.474. The molecule has 0 saturated heterocycles. The summed E-state index contributed by atoms with van der Waals surface area (Å²) >= 11 is 0. The fourth-order valence-corrected chi connectivity index (χ4v) is 4.33. The predicted octanol–water partition coefficient (Wildman–Crippen LogP) is 0.734. The van der Waals surface area contributed by atoms with Gasteiger partial charge in [0, 0.05) is 31.6 Å². The van der Waals surface area contributed by atoms with E-state index in [2.05, 4.69) is 20.7 Å². The highest BCUT2D eigenvalue weighted by Crippen LogP contribution is 2.24. The van der Waals surface area contributed by atoms with Crippen LogP contribution in [0.2, 0.25) is 0 Å². The van der Waals surface area contributed by atoms with Gasteiger partial charge >= 0.3 is 0 Å². The van der Waals surface area contributed by atoms with Crippen molar-refractivity contribution in [1.82, 2.24) is 15.4 Å². The van der Waals surface area contributed by atoms with E-state index in [0.29, 0.717) is 12.2 Å². The van der Waals surface area contributed by atoms with Crippen molar-refractivity contribution in [1.29, 1.82) is 0 Å². The van der Waals surface area contributed by atoms with E-state index in [1.54, 1.807) is 0 Å². The average molecular weight is 425 g/mol. The van der Waals surface area contributed by atoms with Gasteiger partial charge in [-0.3, -0.25) is 14.4 Å². The van der Waals surface area contributed by atoms with Crippen LogP contribution in [-0.2, 0) is 24.4 Å². The molecule has 3 amide bonds.